The molecule has 0 bridgehead atoms. The van der Waals surface area contributed by atoms with Crippen molar-refractivity contribution in [1.82, 2.24) is 0 Å². The molecule has 0 aliphatic rings. The Labute approximate surface area is 141 Å². The first kappa shape index (κ1) is 12.7. The van der Waals surface area contributed by atoms with Crippen LogP contribution >= 0.6 is 0 Å². The Morgan fingerprint density at radius 1 is 1.14 bits per heavy atom. The molecule has 0 radical (unpaired) electrons. The van der Waals surface area contributed by atoms with Crippen LogP contribution in [0.2, 0.25) is 16.6 Å². The van der Waals surface area contributed by atoms with Gasteiger partial charge in [0.15, 0.2) is 0 Å². The maximum absolute atomic E-state index is 10.2. The lowest BCUT2D eigenvalue weighted by atomic mass is 10.1. The molecule has 0 heterocycles. The minimum atomic E-state index is -3.20. The molecule has 3 nitrogen and oxygen atoms in total. The van der Waals surface area contributed by atoms with E-state index >= 15 is 0 Å². The third-order valence-electron chi connectivity index (χ3n) is 3.04. The van der Waals surface area contributed by atoms with E-state index in [1.165, 1.54) is 0 Å². The zero-order valence-electron chi connectivity index (χ0n) is 20.0. The van der Waals surface area contributed by atoms with E-state index in [-0.39, 0.29) is 12.8 Å². The standard InChI is InChI=1S/C9H22Si.C8H12O3/c1-7(2)10(8(3)4)9(5)6;1-8(2,11)6-4-3-5-7(9)10/h7-10H,1-6H3;11H,3,5H2,1-2H3,(H,9,10)/i;1D3,2D3. The Morgan fingerprint density at radius 3 is 1.81 bits per heavy atom. The molecule has 0 saturated carbocycles. The average molecular weight is 321 g/mol. The van der Waals surface area contributed by atoms with Gasteiger partial charge < -0.3 is 10.2 Å². The van der Waals surface area contributed by atoms with Crippen LogP contribution < -0.4 is 0 Å². The lowest BCUT2D eigenvalue weighted by Crippen LogP contribution is -2.24. The van der Waals surface area contributed by atoms with Crippen LogP contribution in [0.25, 0.3) is 0 Å². The van der Waals surface area contributed by atoms with Gasteiger partial charge in [0, 0.05) is 23.4 Å². The predicted octanol–water partition coefficient (Wildman–Crippen LogP) is 4.07. The van der Waals surface area contributed by atoms with Gasteiger partial charge in [-0.3, -0.25) is 4.79 Å². The molecular formula is C17H34O3Si. The first-order valence-electron chi connectivity index (χ1n) is 10.3. The van der Waals surface area contributed by atoms with Gasteiger partial charge in [-0.25, -0.2) is 0 Å². The van der Waals surface area contributed by atoms with E-state index in [0.717, 1.165) is 16.6 Å². The Hall–Kier alpha value is -0.793. The van der Waals surface area contributed by atoms with Gasteiger partial charge in [-0.15, -0.1) is 0 Å². The van der Waals surface area contributed by atoms with E-state index in [1.807, 2.05) is 0 Å². The van der Waals surface area contributed by atoms with Gasteiger partial charge in [0.25, 0.3) is 0 Å². The Kier molecular flexibility index (Phi) is 6.58. The van der Waals surface area contributed by atoms with Crippen molar-refractivity contribution in [2.24, 2.45) is 0 Å². The predicted molar refractivity (Wildman–Crippen MR) is 93.4 cm³/mol. The van der Waals surface area contributed by atoms with Gasteiger partial charge in [-0.2, -0.15) is 0 Å². The van der Waals surface area contributed by atoms with Gasteiger partial charge in [0.1, 0.15) is 5.60 Å². The van der Waals surface area contributed by atoms with Gasteiger partial charge in [0.2, 0.25) is 0 Å². The summed E-state index contributed by atoms with van der Waals surface area (Å²) in [5.74, 6) is 2.67. The summed E-state index contributed by atoms with van der Waals surface area (Å²) in [6.07, 6.45) is -0.588. The number of hydrogen-bond acceptors (Lipinski definition) is 2. The highest BCUT2D eigenvalue weighted by Crippen LogP contribution is 2.28. The molecule has 0 spiro atoms. The normalized spacial score (nSPS) is 16.7. The third kappa shape index (κ3) is 15.4. The maximum Gasteiger partial charge on any atom is 0.304 e. The minimum absolute atomic E-state index is 0.232. The minimum Gasteiger partial charge on any atom is -0.481 e. The Morgan fingerprint density at radius 2 is 1.57 bits per heavy atom. The highest BCUT2D eigenvalue weighted by atomic mass is 28.3. The van der Waals surface area contributed by atoms with Crippen molar-refractivity contribution in [2.45, 2.75) is 90.3 Å². The van der Waals surface area contributed by atoms with Crippen molar-refractivity contribution >= 4 is 14.8 Å². The third-order valence-corrected chi connectivity index (χ3v) is 7.66. The van der Waals surface area contributed by atoms with E-state index in [1.54, 1.807) is 5.92 Å². The van der Waals surface area contributed by atoms with Crippen molar-refractivity contribution in [2.75, 3.05) is 0 Å². The van der Waals surface area contributed by atoms with Crippen LogP contribution in [0.3, 0.4) is 0 Å². The summed E-state index contributed by atoms with van der Waals surface area (Å²) < 4.78 is 41.8. The van der Waals surface area contributed by atoms with Gasteiger partial charge in [0.05, 0.1) is 6.42 Å². The van der Waals surface area contributed by atoms with Gasteiger partial charge >= 0.3 is 5.97 Å². The van der Waals surface area contributed by atoms with Crippen LogP contribution in [0.5, 0.6) is 0 Å². The van der Waals surface area contributed by atoms with E-state index in [0.29, 0.717) is 0 Å². The number of carbonyl (C=O) groups is 1. The molecule has 0 aromatic rings. The molecule has 4 heteroatoms. The molecule has 2 N–H and O–H groups in total. The fourth-order valence-corrected chi connectivity index (χ4v) is 7.29. The molecule has 0 amide bonds. The van der Waals surface area contributed by atoms with Crippen molar-refractivity contribution in [3.05, 3.63) is 0 Å². The summed E-state index contributed by atoms with van der Waals surface area (Å²) in [4.78, 5) is 10.2. The topological polar surface area (TPSA) is 57.5 Å². The summed E-state index contributed by atoms with van der Waals surface area (Å²) in [5.41, 5.74) is -0.224. The van der Waals surface area contributed by atoms with Crippen molar-refractivity contribution in [1.29, 1.82) is 0 Å². The number of carboxylic acids is 1. The fourth-order valence-electron chi connectivity index (χ4n) is 2.67. The summed E-state index contributed by atoms with van der Waals surface area (Å²) in [5, 5.41) is 17.9. The van der Waals surface area contributed by atoms with Crippen molar-refractivity contribution in [3.8, 4) is 11.8 Å². The van der Waals surface area contributed by atoms with E-state index in [4.69, 9.17) is 13.3 Å². The van der Waals surface area contributed by atoms with Crippen LogP contribution in [0.15, 0.2) is 0 Å². The Bertz CT molecular complexity index is 482. The zero-order chi connectivity index (χ0) is 22.2. The van der Waals surface area contributed by atoms with E-state index in [2.05, 4.69) is 47.5 Å². The average Bonchev–Trinajstić information content (AvgIpc) is 2.39. The first-order chi connectivity index (χ1) is 11.9. The molecule has 0 aliphatic heterocycles. The molecule has 0 aliphatic carbocycles. The molecule has 124 valence electrons. The lowest BCUT2D eigenvalue weighted by Gasteiger charge is -2.26. The molecule has 21 heavy (non-hydrogen) atoms. The second-order valence-corrected chi connectivity index (χ2v) is 11.4. The number of aliphatic hydroxyl groups is 1. The van der Waals surface area contributed by atoms with Crippen LogP contribution in [0, 0.1) is 11.8 Å². The first-order valence-corrected chi connectivity index (χ1v) is 9.32. The SMILES string of the molecule is CC(C)[SiH](C(C)C)C(C)C.[2H]C([2H])([2H])C(O)(C#CCCC(=O)O)C([2H])([2H])[2H]. The number of rotatable bonds is 5. The maximum atomic E-state index is 10.2. The van der Waals surface area contributed by atoms with Crippen molar-refractivity contribution in [3.63, 3.8) is 0 Å². The summed E-state index contributed by atoms with van der Waals surface area (Å²) >= 11 is 0. The van der Waals surface area contributed by atoms with Crippen molar-refractivity contribution < 1.29 is 23.2 Å². The quantitative estimate of drug-likeness (QED) is 0.593. The number of aliphatic carboxylic acids is 1. The van der Waals surface area contributed by atoms with E-state index < -0.39 is 34.1 Å². The highest BCUT2D eigenvalue weighted by Gasteiger charge is 2.22. The largest absolute Gasteiger partial charge is 0.481 e. The van der Waals surface area contributed by atoms with Crippen LogP contribution in [0.4, 0.5) is 0 Å². The molecule has 0 fully saturated rings. The molecule has 0 atom stereocenters. The summed E-state index contributed by atoms with van der Waals surface area (Å²) in [6.45, 7) is 7.91. The molecule has 0 aromatic heterocycles. The van der Waals surface area contributed by atoms with Crippen LogP contribution in [0.1, 0.15) is 76.3 Å². The zero-order valence-corrected chi connectivity index (χ0v) is 15.2. The second-order valence-electron chi connectivity index (χ2n) is 6.22. The monoisotopic (exact) mass is 320 g/mol. The summed E-state index contributed by atoms with van der Waals surface area (Å²) in [7, 11) is -0.454. The number of hydrogen-bond donors (Lipinski definition) is 2. The fraction of sp³-hybridized carbons (Fsp3) is 0.824. The second kappa shape index (κ2) is 10.9. The van der Waals surface area contributed by atoms with Crippen LogP contribution in [-0.4, -0.2) is 30.6 Å². The van der Waals surface area contributed by atoms with E-state index in [9.17, 15) is 9.90 Å². The number of carboxylic acid groups (broad SMARTS) is 1. The highest BCUT2D eigenvalue weighted by molar-refractivity contribution is 6.63. The lowest BCUT2D eigenvalue weighted by molar-refractivity contribution is -0.136. The molecule has 0 aromatic carbocycles. The van der Waals surface area contributed by atoms with Gasteiger partial charge in [-0.05, 0) is 13.7 Å². The Balaban J connectivity index is 0. The summed E-state index contributed by atoms with van der Waals surface area (Å²) in [6, 6.07) is 0. The van der Waals surface area contributed by atoms with Crippen LogP contribution in [-0.2, 0) is 4.79 Å². The molecular weight excluding hydrogens is 280 g/mol. The smallest absolute Gasteiger partial charge is 0.304 e. The molecule has 0 unspecified atom stereocenters. The molecule has 0 saturated heterocycles. The molecule has 0 rings (SSSR count). The van der Waals surface area contributed by atoms with Gasteiger partial charge in [-0.1, -0.05) is 70.0 Å².